The minimum Gasteiger partial charge on any atom is -0.507 e. The predicted molar refractivity (Wildman–Crippen MR) is 140 cm³/mol. The zero-order chi connectivity index (χ0) is 25.4. The number of rotatable bonds is 5. The van der Waals surface area contributed by atoms with Crippen molar-refractivity contribution in [2.45, 2.75) is 25.8 Å². The van der Waals surface area contributed by atoms with Gasteiger partial charge in [0.1, 0.15) is 11.5 Å². The number of aliphatic hydroxyl groups excluding tert-OH is 1. The fraction of sp³-hybridized carbons (Fsp3) is 0.167. The number of Topliss-reactive ketones (excluding diaryl/α,β-unsaturated/α-hetero) is 1. The minimum atomic E-state index is -0.839. The highest BCUT2D eigenvalue weighted by Crippen LogP contribution is 2.44. The number of benzene rings is 3. The van der Waals surface area contributed by atoms with Crippen LogP contribution in [0.4, 0.5) is 5.69 Å². The molecule has 0 saturated carbocycles. The minimum absolute atomic E-state index is 0.0285. The fourth-order valence-corrected chi connectivity index (χ4v) is 4.84. The van der Waals surface area contributed by atoms with Gasteiger partial charge in [0.05, 0.1) is 24.4 Å². The Hall–Kier alpha value is -4.45. The van der Waals surface area contributed by atoms with Gasteiger partial charge >= 0.3 is 0 Å². The molecule has 1 N–H and O–H groups in total. The standard InChI is InChI=1S/C30H26N2O4/c1-18(2)23-16-20(13-14-25(23)36-3)28(33)26-27(21-10-7-15-31-17-21)32(30(35)29(26)34)24-12-6-9-19-8-4-5-11-22(19)24/h4-18,27,33H,1-3H3/b28-26+. The van der Waals surface area contributed by atoms with E-state index in [1.807, 2.05) is 68.4 Å². The summed E-state index contributed by atoms with van der Waals surface area (Å²) in [5.41, 5.74) is 2.59. The molecule has 6 heteroatoms. The Morgan fingerprint density at radius 1 is 1.00 bits per heavy atom. The van der Waals surface area contributed by atoms with Crippen molar-refractivity contribution in [3.63, 3.8) is 0 Å². The van der Waals surface area contributed by atoms with Crippen LogP contribution in [-0.4, -0.2) is 28.9 Å². The van der Waals surface area contributed by atoms with E-state index in [1.165, 1.54) is 4.90 Å². The molecular weight excluding hydrogens is 452 g/mol. The van der Waals surface area contributed by atoms with Gasteiger partial charge in [-0.2, -0.15) is 0 Å². The molecule has 180 valence electrons. The van der Waals surface area contributed by atoms with Crippen LogP contribution in [0, 0.1) is 0 Å². The van der Waals surface area contributed by atoms with Crippen LogP contribution in [0.1, 0.15) is 42.5 Å². The molecule has 4 aromatic rings. The van der Waals surface area contributed by atoms with Crippen molar-refractivity contribution in [3.8, 4) is 5.75 Å². The maximum absolute atomic E-state index is 13.5. The van der Waals surface area contributed by atoms with E-state index < -0.39 is 17.7 Å². The lowest BCUT2D eigenvalue weighted by Crippen LogP contribution is -2.29. The lowest BCUT2D eigenvalue weighted by molar-refractivity contribution is -0.132. The SMILES string of the molecule is COc1ccc(/C(O)=C2\C(=O)C(=O)N(c3cccc4ccccc34)C2c2cccnc2)cc1C(C)C. The third-order valence-corrected chi connectivity index (χ3v) is 6.60. The van der Waals surface area contributed by atoms with E-state index in [-0.39, 0.29) is 17.3 Å². The van der Waals surface area contributed by atoms with Crippen LogP contribution in [0.5, 0.6) is 5.75 Å². The van der Waals surface area contributed by atoms with Crippen LogP contribution in [0.25, 0.3) is 16.5 Å². The zero-order valence-corrected chi connectivity index (χ0v) is 20.3. The Morgan fingerprint density at radius 2 is 1.78 bits per heavy atom. The molecule has 1 fully saturated rings. The number of ether oxygens (including phenoxy) is 1. The number of aliphatic hydroxyl groups is 1. The molecule has 1 aliphatic rings. The summed E-state index contributed by atoms with van der Waals surface area (Å²) in [5, 5.41) is 13.3. The van der Waals surface area contributed by atoms with Gasteiger partial charge in [0, 0.05) is 23.3 Å². The molecule has 0 bridgehead atoms. The molecule has 1 aliphatic heterocycles. The number of methoxy groups -OCH3 is 1. The maximum atomic E-state index is 13.5. The molecule has 1 saturated heterocycles. The largest absolute Gasteiger partial charge is 0.507 e. The number of aromatic nitrogens is 1. The van der Waals surface area contributed by atoms with Crippen molar-refractivity contribution < 1.29 is 19.4 Å². The molecule has 0 aliphatic carbocycles. The number of anilines is 1. The lowest BCUT2D eigenvalue weighted by Gasteiger charge is -2.26. The second-order valence-electron chi connectivity index (χ2n) is 9.07. The van der Waals surface area contributed by atoms with Crippen LogP contribution in [-0.2, 0) is 9.59 Å². The topological polar surface area (TPSA) is 79.7 Å². The van der Waals surface area contributed by atoms with Gasteiger partial charge in [-0.05, 0) is 52.8 Å². The van der Waals surface area contributed by atoms with Crippen LogP contribution in [0.3, 0.4) is 0 Å². The Kier molecular flexibility index (Phi) is 6.02. The second-order valence-corrected chi connectivity index (χ2v) is 9.07. The van der Waals surface area contributed by atoms with E-state index in [9.17, 15) is 14.7 Å². The Balaban J connectivity index is 1.76. The molecule has 1 amide bonds. The average molecular weight is 479 g/mol. The lowest BCUT2D eigenvalue weighted by atomic mass is 9.93. The van der Waals surface area contributed by atoms with E-state index in [1.54, 1.807) is 37.7 Å². The number of hydrogen-bond acceptors (Lipinski definition) is 5. The Labute approximate surface area is 209 Å². The molecule has 3 aromatic carbocycles. The molecule has 1 atom stereocenters. The van der Waals surface area contributed by atoms with Crippen LogP contribution in [0.15, 0.2) is 90.8 Å². The summed E-state index contributed by atoms with van der Waals surface area (Å²) in [5.74, 6) is -0.841. The highest BCUT2D eigenvalue weighted by molar-refractivity contribution is 6.52. The van der Waals surface area contributed by atoms with Crippen molar-refractivity contribution >= 4 is 33.9 Å². The van der Waals surface area contributed by atoms with Crippen molar-refractivity contribution in [2.75, 3.05) is 12.0 Å². The molecule has 36 heavy (non-hydrogen) atoms. The van der Waals surface area contributed by atoms with Crippen LogP contribution < -0.4 is 9.64 Å². The summed E-state index contributed by atoms with van der Waals surface area (Å²) in [6.45, 7) is 4.05. The van der Waals surface area contributed by atoms with Gasteiger partial charge in [-0.15, -0.1) is 0 Å². The number of ketones is 1. The van der Waals surface area contributed by atoms with Crippen molar-refractivity contribution in [1.82, 2.24) is 4.98 Å². The molecule has 1 unspecified atom stereocenters. The average Bonchev–Trinajstić information content (AvgIpc) is 3.18. The Morgan fingerprint density at radius 3 is 2.50 bits per heavy atom. The summed E-state index contributed by atoms with van der Waals surface area (Å²) in [4.78, 5) is 32.8. The number of fused-ring (bicyclic) bond motifs is 1. The number of carbonyl (C=O) groups excluding carboxylic acids is 2. The van der Waals surface area contributed by atoms with E-state index in [0.717, 1.165) is 16.3 Å². The quantitative estimate of drug-likeness (QED) is 0.216. The molecule has 5 rings (SSSR count). The summed E-state index contributed by atoms with van der Waals surface area (Å²) < 4.78 is 5.48. The molecule has 6 nitrogen and oxygen atoms in total. The summed E-state index contributed by atoms with van der Waals surface area (Å²) in [6, 6.07) is 21.3. The van der Waals surface area contributed by atoms with Gasteiger partial charge in [0.15, 0.2) is 0 Å². The van der Waals surface area contributed by atoms with Gasteiger partial charge < -0.3 is 9.84 Å². The molecule has 0 radical (unpaired) electrons. The first-order chi connectivity index (χ1) is 17.4. The van der Waals surface area contributed by atoms with Crippen molar-refractivity contribution in [3.05, 3.63) is 107 Å². The van der Waals surface area contributed by atoms with Crippen molar-refractivity contribution in [2.24, 2.45) is 0 Å². The Bertz CT molecular complexity index is 1500. The summed E-state index contributed by atoms with van der Waals surface area (Å²) in [7, 11) is 1.60. The number of amides is 1. The smallest absolute Gasteiger partial charge is 0.300 e. The predicted octanol–water partition coefficient (Wildman–Crippen LogP) is 5.99. The molecular formula is C30H26N2O4. The summed E-state index contributed by atoms with van der Waals surface area (Å²) >= 11 is 0. The molecule has 0 spiro atoms. The van der Waals surface area contributed by atoms with Gasteiger partial charge in [-0.1, -0.05) is 56.3 Å². The molecule has 1 aromatic heterocycles. The van der Waals surface area contributed by atoms with E-state index >= 15 is 0 Å². The highest BCUT2D eigenvalue weighted by Gasteiger charge is 2.47. The highest BCUT2D eigenvalue weighted by atomic mass is 16.5. The van der Waals surface area contributed by atoms with Gasteiger partial charge in [-0.25, -0.2) is 0 Å². The third-order valence-electron chi connectivity index (χ3n) is 6.60. The zero-order valence-electron chi connectivity index (χ0n) is 20.3. The number of nitrogens with zero attached hydrogens (tertiary/aromatic N) is 2. The third kappa shape index (κ3) is 3.81. The molecule has 2 heterocycles. The number of hydrogen-bond donors (Lipinski definition) is 1. The normalized spacial score (nSPS) is 17.2. The number of carbonyl (C=O) groups is 2. The van der Waals surface area contributed by atoms with E-state index in [2.05, 4.69) is 4.98 Å². The number of pyridine rings is 1. The second kappa shape index (κ2) is 9.30. The first-order valence-corrected chi connectivity index (χ1v) is 11.8. The van der Waals surface area contributed by atoms with Gasteiger partial charge in [0.25, 0.3) is 11.7 Å². The van der Waals surface area contributed by atoms with Crippen molar-refractivity contribution in [1.29, 1.82) is 0 Å². The summed E-state index contributed by atoms with van der Waals surface area (Å²) in [6.07, 6.45) is 3.25. The van der Waals surface area contributed by atoms with Gasteiger partial charge in [0.2, 0.25) is 0 Å². The maximum Gasteiger partial charge on any atom is 0.300 e. The fourth-order valence-electron chi connectivity index (χ4n) is 4.84. The monoisotopic (exact) mass is 478 g/mol. The first kappa shape index (κ1) is 23.3. The first-order valence-electron chi connectivity index (χ1n) is 11.8. The van der Waals surface area contributed by atoms with E-state index in [0.29, 0.717) is 22.6 Å². The van der Waals surface area contributed by atoms with Crippen LogP contribution in [0.2, 0.25) is 0 Å². The van der Waals surface area contributed by atoms with Crippen LogP contribution >= 0.6 is 0 Å². The van der Waals surface area contributed by atoms with E-state index in [4.69, 9.17) is 4.74 Å². The van der Waals surface area contributed by atoms with Gasteiger partial charge in [-0.3, -0.25) is 19.5 Å².